The normalized spacial score (nSPS) is 12.4. The third-order valence-electron chi connectivity index (χ3n) is 3.36. The predicted molar refractivity (Wildman–Crippen MR) is 90.2 cm³/mol. The maximum absolute atomic E-state index is 14.1. The first-order valence-electron chi connectivity index (χ1n) is 6.79. The lowest BCUT2D eigenvalue weighted by Crippen LogP contribution is -2.11. The first-order chi connectivity index (χ1) is 11.5. The molecule has 2 aromatic heterocycles. The number of anilines is 1. The molecule has 0 spiro atoms. The monoisotopic (exact) mass is 368 g/mol. The van der Waals surface area contributed by atoms with Gasteiger partial charge >= 0.3 is 5.97 Å². The van der Waals surface area contributed by atoms with Crippen molar-refractivity contribution in [2.45, 2.75) is 10.9 Å². The van der Waals surface area contributed by atoms with E-state index < -0.39 is 22.8 Å². The van der Waals surface area contributed by atoms with Crippen molar-refractivity contribution in [1.82, 2.24) is 4.57 Å². The smallest absolute Gasteiger partial charge is 0.352 e. The molecule has 0 bridgehead atoms. The largest absolute Gasteiger partial charge is 0.477 e. The molecule has 0 radical (unpaired) electrons. The van der Waals surface area contributed by atoms with Crippen LogP contribution in [0, 0.1) is 5.82 Å². The number of benzene rings is 1. The van der Waals surface area contributed by atoms with Crippen molar-refractivity contribution in [3.05, 3.63) is 47.2 Å². The predicted octanol–water partition coefficient (Wildman–Crippen LogP) is 3.28. The fourth-order valence-electron chi connectivity index (χ4n) is 2.39. The molecule has 3 aromatic rings. The molecule has 0 saturated heterocycles. The fraction of sp³-hybridized carbons (Fsp3) is 0.133. The Labute approximate surface area is 143 Å². The van der Waals surface area contributed by atoms with E-state index in [1.54, 1.807) is 17.5 Å². The topological polar surface area (TPSA) is 80.6 Å². The standard InChI is InChI=1S/C15H13FN2O4S2/c1-22-8-18-12(15(19)20)7-9-10(16)4-5-11(14(9)18)17-24(21)13-3-2-6-23-13/h2-7,17H,8H2,1H3,(H,19,20). The Morgan fingerprint density at radius 2 is 2.25 bits per heavy atom. The highest BCUT2D eigenvalue weighted by Gasteiger charge is 2.20. The molecular weight excluding hydrogens is 355 g/mol. The van der Waals surface area contributed by atoms with Gasteiger partial charge in [-0.3, -0.25) is 4.72 Å². The maximum Gasteiger partial charge on any atom is 0.352 e. The Balaban J connectivity index is 2.15. The zero-order chi connectivity index (χ0) is 17.3. The van der Waals surface area contributed by atoms with Crippen molar-refractivity contribution in [3.63, 3.8) is 0 Å². The lowest BCUT2D eigenvalue weighted by atomic mass is 10.2. The van der Waals surface area contributed by atoms with Crippen molar-refractivity contribution >= 4 is 44.9 Å². The first kappa shape index (κ1) is 16.6. The summed E-state index contributed by atoms with van der Waals surface area (Å²) in [5.41, 5.74) is 0.545. The maximum atomic E-state index is 14.1. The van der Waals surface area contributed by atoms with E-state index in [4.69, 9.17) is 4.74 Å². The van der Waals surface area contributed by atoms with Crippen LogP contribution in [0.25, 0.3) is 10.9 Å². The van der Waals surface area contributed by atoms with E-state index in [0.717, 1.165) is 0 Å². The van der Waals surface area contributed by atoms with Crippen LogP contribution in [0.1, 0.15) is 10.5 Å². The minimum Gasteiger partial charge on any atom is -0.477 e. The summed E-state index contributed by atoms with van der Waals surface area (Å²) in [6.45, 7) is -0.0745. The van der Waals surface area contributed by atoms with Gasteiger partial charge in [-0.05, 0) is 29.6 Å². The molecule has 0 amide bonds. The molecule has 1 unspecified atom stereocenters. The van der Waals surface area contributed by atoms with Crippen LogP contribution in [0.3, 0.4) is 0 Å². The molecule has 3 rings (SSSR count). The van der Waals surface area contributed by atoms with E-state index in [9.17, 15) is 18.5 Å². The molecule has 24 heavy (non-hydrogen) atoms. The molecule has 2 N–H and O–H groups in total. The zero-order valence-corrected chi connectivity index (χ0v) is 14.1. The number of nitrogens with zero attached hydrogens (tertiary/aromatic N) is 1. The molecular formula is C15H13FN2O4S2. The number of thiophene rings is 1. The van der Waals surface area contributed by atoms with Crippen LogP contribution in [0.15, 0.2) is 39.9 Å². The molecule has 1 atom stereocenters. The lowest BCUT2D eigenvalue weighted by molar-refractivity contribution is 0.0664. The van der Waals surface area contributed by atoms with E-state index in [0.29, 0.717) is 15.4 Å². The molecule has 0 aliphatic carbocycles. The summed E-state index contributed by atoms with van der Waals surface area (Å²) in [6, 6.07) is 7.37. The Hall–Kier alpha value is -2.23. The van der Waals surface area contributed by atoms with E-state index in [1.165, 1.54) is 41.2 Å². The molecule has 2 heterocycles. The van der Waals surface area contributed by atoms with Crippen LogP contribution in [0.4, 0.5) is 10.1 Å². The van der Waals surface area contributed by atoms with Gasteiger partial charge in [0.2, 0.25) is 0 Å². The summed E-state index contributed by atoms with van der Waals surface area (Å²) < 4.78 is 36.3. The van der Waals surface area contributed by atoms with Crippen LogP contribution >= 0.6 is 11.3 Å². The molecule has 1 aromatic carbocycles. The third-order valence-corrected chi connectivity index (χ3v) is 5.67. The third kappa shape index (κ3) is 2.93. The molecule has 6 nitrogen and oxygen atoms in total. The van der Waals surface area contributed by atoms with Gasteiger partial charge in [0.1, 0.15) is 22.5 Å². The van der Waals surface area contributed by atoms with Crippen molar-refractivity contribution in [2.24, 2.45) is 0 Å². The summed E-state index contributed by atoms with van der Waals surface area (Å²) >= 11 is 1.32. The quantitative estimate of drug-likeness (QED) is 0.700. The number of aromatic nitrogens is 1. The van der Waals surface area contributed by atoms with Gasteiger partial charge in [-0.15, -0.1) is 11.3 Å². The summed E-state index contributed by atoms with van der Waals surface area (Å²) in [7, 11) is -0.125. The Morgan fingerprint density at radius 3 is 2.88 bits per heavy atom. The number of halogens is 1. The average molecular weight is 368 g/mol. The lowest BCUT2D eigenvalue weighted by Gasteiger charge is -2.12. The van der Waals surface area contributed by atoms with E-state index in [1.807, 2.05) is 0 Å². The summed E-state index contributed by atoms with van der Waals surface area (Å²) in [6.07, 6.45) is 0. The number of aromatic carboxylic acids is 1. The second-order valence-electron chi connectivity index (χ2n) is 4.84. The van der Waals surface area contributed by atoms with Gasteiger partial charge < -0.3 is 14.4 Å². The van der Waals surface area contributed by atoms with E-state index in [2.05, 4.69) is 4.72 Å². The van der Waals surface area contributed by atoms with Gasteiger partial charge in [-0.2, -0.15) is 0 Å². The van der Waals surface area contributed by atoms with Gasteiger partial charge in [0.25, 0.3) is 0 Å². The second kappa shape index (κ2) is 6.71. The van der Waals surface area contributed by atoms with Gasteiger partial charge in [0.15, 0.2) is 11.0 Å². The van der Waals surface area contributed by atoms with Crippen LogP contribution < -0.4 is 4.72 Å². The number of carboxylic acid groups (broad SMARTS) is 1. The summed E-state index contributed by atoms with van der Waals surface area (Å²) in [5.74, 6) is -1.76. The number of hydrogen-bond donors (Lipinski definition) is 2. The Morgan fingerprint density at radius 1 is 1.46 bits per heavy atom. The van der Waals surface area contributed by atoms with Gasteiger partial charge in [-0.1, -0.05) is 6.07 Å². The molecule has 9 heteroatoms. The fourth-order valence-corrected chi connectivity index (χ4v) is 4.15. The minimum atomic E-state index is -1.54. The van der Waals surface area contributed by atoms with Crippen LogP contribution in [-0.2, 0) is 22.5 Å². The van der Waals surface area contributed by atoms with Crippen LogP contribution in [0.5, 0.6) is 0 Å². The molecule has 0 aliphatic heterocycles. The number of rotatable bonds is 6. The van der Waals surface area contributed by atoms with Gasteiger partial charge in [-0.25, -0.2) is 13.4 Å². The molecule has 0 fully saturated rings. The second-order valence-corrected chi connectivity index (χ2v) is 7.23. The van der Waals surface area contributed by atoms with Crippen molar-refractivity contribution < 1.29 is 23.2 Å². The SMILES string of the molecule is COCn1c(C(=O)O)cc2c(F)ccc(NS(=O)c3cccs3)c21. The number of methoxy groups -OCH3 is 1. The highest BCUT2D eigenvalue weighted by Crippen LogP contribution is 2.31. The van der Waals surface area contributed by atoms with E-state index in [-0.39, 0.29) is 17.8 Å². The Bertz CT molecular complexity index is 921. The number of carboxylic acids is 1. The highest BCUT2D eigenvalue weighted by atomic mass is 32.2. The van der Waals surface area contributed by atoms with Crippen molar-refractivity contribution in [1.29, 1.82) is 0 Å². The zero-order valence-electron chi connectivity index (χ0n) is 12.5. The first-order valence-corrected chi connectivity index (χ1v) is 8.81. The van der Waals surface area contributed by atoms with E-state index >= 15 is 0 Å². The number of ether oxygens (including phenoxy) is 1. The Kier molecular flexibility index (Phi) is 4.65. The minimum absolute atomic E-state index is 0.0745. The summed E-state index contributed by atoms with van der Waals surface area (Å²) in [4.78, 5) is 11.4. The van der Waals surface area contributed by atoms with Gasteiger partial charge in [0, 0.05) is 12.5 Å². The number of nitrogens with one attached hydrogen (secondary N) is 1. The number of hydrogen-bond acceptors (Lipinski definition) is 4. The molecule has 126 valence electrons. The van der Waals surface area contributed by atoms with Crippen LogP contribution in [-0.4, -0.2) is 27.0 Å². The van der Waals surface area contributed by atoms with Crippen molar-refractivity contribution in [2.75, 3.05) is 11.8 Å². The molecule has 0 saturated carbocycles. The van der Waals surface area contributed by atoms with Gasteiger partial charge in [0.05, 0.1) is 11.2 Å². The average Bonchev–Trinajstić information content (AvgIpc) is 3.19. The number of carbonyl (C=O) groups is 1. The van der Waals surface area contributed by atoms with Crippen LogP contribution in [0.2, 0.25) is 0 Å². The summed E-state index contributed by atoms with van der Waals surface area (Å²) in [5, 5.41) is 11.2. The highest BCUT2D eigenvalue weighted by molar-refractivity contribution is 7.88. The number of fused-ring (bicyclic) bond motifs is 1. The van der Waals surface area contributed by atoms with Crippen molar-refractivity contribution in [3.8, 4) is 0 Å². The molecule has 0 aliphatic rings.